The largest absolute Gasteiger partial charge is 0.310 e. The van der Waals surface area contributed by atoms with Gasteiger partial charge in [-0.05, 0) is 32.1 Å². The Morgan fingerprint density at radius 3 is 2.65 bits per heavy atom. The number of likely N-dealkylation sites (tertiary alicyclic amines) is 1. The van der Waals surface area contributed by atoms with Crippen LogP contribution in [0, 0.1) is 11.8 Å². The van der Waals surface area contributed by atoms with Crippen molar-refractivity contribution in [3.05, 3.63) is 12.3 Å². The number of nitrogens with one attached hydrogen (secondary N) is 1. The Balaban J connectivity index is 1.90. The molecule has 1 aromatic rings. The highest BCUT2D eigenvalue weighted by molar-refractivity contribution is 5.91. The van der Waals surface area contributed by atoms with Gasteiger partial charge in [-0.3, -0.25) is 9.69 Å². The van der Waals surface area contributed by atoms with Crippen LogP contribution < -0.4 is 5.32 Å². The van der Waals surface area contributed by atoms with Gasteiger partial charge in [0.2, 0.25) is 5.91 Å². The first-order chi connectivity index (χ1) is 9.45. The smallest absolute Gasteiger partial charge is 0.239 e. The van der Waals surface area contributed by atoms with Gasteiger partial charge in [0.05, 0.1) is 12.7 Å². The Morgan fingerprint density at radius 2 is 2.05 bits per heavy atom. The van der Waals surface area contributed by atoms with E-state index in [1.54, 1.807) is 6.20 Å². The van der Waals surface area contributed by atoms with E-state index in [1.807, 2.05) is 10.7 Å². The van der Waals surface area contributed by atoms with Crippen LogP contribution in [0.2, 0.25) is 0 Å². The molecule has 1 N–H and O–H groups in total. The standard InChI is InChI=1S/C15H26N4O/c1-11(2)19-14(5-6-16-19)17-15(20)10-18-8-12(3)7-13(4)9-18/h5-6,11-13H,7-10H2,1-4H3,(H,17,20). The fraction of sp³-hybridized carbons (Fsp3) is 0.733. The Hall–Kier alpha value is -1.36. The van der Waals surface area contributed by atoms with Crippen LogP contribution in [0.4, 0.5) is 5.82 Å². The molecule has 1 aliphatic heterocycles. The van der Waals surface area contributed by atoms with Crippen LogP contribution in [0.25, 0.3) is 0 Å². The number of hydrogen-bond donors (Lipinski definition) is 1. The van der Waals surface area contributed by atoms with Crippen LogP contribution in [0.15, 0.2) is 12.3 Å². The predicted octanol–water partition coefficient (Wildman–Crippen LogP) is 2.38. The van der Waals surface area contributed by atoms with Gasteiger partial charge in [0.1, 0.15) is 5.82 Å². The first-order valence-electron chi connectivity index (χ1n) is 7.51. The zero-order chi connectivity index (χ0) is 14.7. The fourth-order valence-corrected chi connectivity index (χ4v) is 3.13. The molecule has 2 rings (SSSR count). The minimum Gasteiger partial charge on any atom is -0.310 e. The first-order valence-corrected chi connectivity index (χ1v) is 7.51. The molecule has 112 valence electrons. The van der Waals surface area contributed by atoms with Crippen molar-refractivity contribution in [2.75, 3.05) is 25.0 Å². The molecular weight excluding hydrogens is 252 g/mol. The van der Waals surface area contributed by atoms with E-state index in [4.69, 9.17) is 0 Å². The second kappa shape index (κ2) is 6.39. The van der Waals surface area contributed by atoms with E-state index in [-0.39, 0.29) is 11.9 Å². The summed E-state index contributed by atoms with van der Waals surface area (Å²) in [5.74, 6) is 2.18. The van der Waals surface area contributed by atoms with Crippen molar-refractivity contribution in [1.29, 1.82) is 0 Å². The van der Waals surface area contributed by atoms with E-state index in [1.165, 1.54) is 6.42 Å². The lowest BCUT2D eigenvalue weighted by molar-refractivity contribution is -0.118. The summed E-state index contributed by atoms with van der Waals surface area (Å²) >= 11 is 0. The van der Waals surface area contributed by atoms with Crippen LogP contribution in [-0.2, 0) is 4.79 Å². The minimum atomic E-state index is 0.0497. The molecule has 1 amide bonds. The Labute approximate surface area is 121 Å². The van der Waals surface area contributed by atoms with Gasteiger partial charge in [-0.25, -0.2) is 4.68 Å². The van der Waals surface area contributed by atoms with E-state index in [0.29, 0.717) is 18.4 Å². The highest BCUT2D eigenvalue weighted by atomic mass is 16.2. The van der Waals surface area contributed by atoms with Crippen molar-refractivity contribution < 1.29 is 4.79 Å². The Bertz CT molecular complexity index is 444. The zero-order valence-electron chi connectivity index (χ0n) is 13.0. The van der Waals surface area contributed by atoms with Gasteiger partial charge >= 0.3 is 0 Å². The van der Waals surface area contributed by atoms with Crippen LogP contribution in [0.1, 0.15) is 40.2 Å². The Morgan fingerprint density at radius 1 is 1.40 bits per heavy atom. The summed E-state index contributed by atoms with van der Waals surface area (Å²) in [4.78, 5) is 14.4. The first kappa shape index (κ1) is 15.0. The molecule has 1 saturated heterocycles. The average Bonchev–Trinajstić information content (AvgIpc) is 2.75. The number of nitrogens with zero attached hydrogens (tertiary/aromatic N) is 3. The summed E-state index contributed by atoms with van der Waals surface area (Å²) in [6.07, 6.45) is 2.99. The number of anilines is 1. The molecule has 0 aromatic carbocycles. The molecule has 5 nitrogen and oxygen atoms in total. The van der Waals surface area contributed by atoms with Crippen LogP contribution in [0.5, 0.6) is 0 Å². The topological polar surface area (TPSA) is 50.2 Å². The molecule has 2 unspecified atom stereocenters. The molecule has 1 aromatic heterocycles. The van der Waals surface area contributed by atoms with Crippen molar-refractivity contribution in [2.24, 2.45) is 11.8 Å². The summed E-state index contributed by atoms with van der Waals surface area (Å²) in [5.41, 5.74) is 0. The molecular formula is C15H26N4O. The van der Waals surface area contributed by atoms with Crippen LogP contribution >= 0.6 is 0 Å². The number of carbonyl (C=O) groups excluding carboxylic acids is 1. The maximum Gasteiger partial charge on any atom is 0.239 e. The van der Waals surface area contributed by atoms with Gasteiger partial charge in [-0.15, -0.1) is 0 Å². The van der Waals surface area contributed by atoms with Crippen molar-refractivity contribution in [3.63, 3.8) is 0 Å². The third-order valence-electron chi connectivity index (χ3n) is 3.74. The fourth-order valence-electron chi connectivity index (χ4n) is 3.13. The van der Waals surface area contributed by atoms with Gasteiger partial charge in [-0.2, -0.15) is 5.10 Å². The second-order valence-corrected chi connectivity index (χ2v) is 6.44. The number of rotatable bonds is 4. The van der Waals surface area contributed by atoms with Gasteiger partial charge < -0.3 is 5.32 Å². The number of hydrogen-bond acceptors (Lipinski definition) is 3. The average molecular weight is 278 g/mol. The summed E-state index contributed by atoms with van der Waals surface area (Å²) < 4.78 is 1.83. The quantitative estimate of drug-likeness (QED) is 0.920. The van der Waals surface area contributed by atoms with E-state index in [2.05, 4.69) is 43.0 Å². The van der Waals surface area contributed by atoms with Crippen molar-refractivity contribution >= 4 is 11.7 Å². The zero-order valence-corrected chi connectivity index (χ0v) is 13.0. The lowest BCUT2D eigenvalue weighted by Gasteiger charge is -2.34. The minimum absolute atomic E-state index is 0.0497. The number of carbonyl (C=O) groups is 1. The van der Waals surface area contributed by atoms with Gasteiger partial charge in [-0.1, -0.05) is 13.8 Å². The third kappa shape index (κ3) is 3.82. The van der Waals surface area contributed by atoms with E-state index in [0.717, 1.165) is 18.9 Å². The lowest BCUT2D eigenvalue weighted by atomic mass is 9.92. The molecule has 0 radical (unpaired) electrons. The molecule has 0 spiro atoms. The van der Waals surface area contributed by atoms with Crippen molar-refractivity contribution in [3.8, 4) is 0 Å². The van der Waals surface area contributed by atoms with E-state index < -0.39 is 0 Å². The summed E-state index contributed by atoms with van der Waals surface area (Å²) in [6.45, 7) is 11.1. The van der Waals surface area contributed by atoms with E-state index >= 15 is 0 Å². The second-order valence-electron chi connectivity index (χ2n) is 6.44. The maximum absolute atomic E-state index is 12.2. The summed E-state index contributed by atoms with van der Waals surface area (Å²) in [6, 6.07) is 2.09. The molecule has 2 heterocycles. The lowest BCUT2D eigenvalue weighted by Crippen LogP contribution is -2.43. The highest BCUT2D eigenvalue weighted by Gasteiger charge is 2.23. The van der Waals surface area contributed by atoms with Crippen LogP contribution in [-0.4, -0.2) is 40.2 Å². The summed E-state index contributed by atoms with van der Waals surface area (Å²) in [5, 5.41) is 7.20. The molecule has 0 aliphatic carbocycles. The van der Waals surface area contributed by atoms with Crippen LogP contribution in [0.3, 0.4) is 0 Å². The number of piperidine rings is 1. The normalized spacial score (nSPS) is 24.1. The molecule has 1 aliphatic rings. The van der Waals surface area contributed by atoms with Crippen molar-refractivity contribution in [2.45, 2.75) is 40.2 Å². The molecule has 20 heavy (non-hydrogen) atoms. The molecule has 2 atom stereocenters. The van der Waals surface area contributed by atoms with Gasteiger partial charge in [0.25, 0.3) is 0 Å². The molecule has 0 bridgehead atoms. The molecule has 1 fully saturated rings. The summed E-state index contributed by atoms with van der Waals surface area (Å²) in [7, 11) is 0. The molecule has 0 saturated carbocycles. The van der Waals surface area contributed by atoms with E-state index in [9.17, 15) is 4.79 Å². The predicted molar refractivity (Wildman–Crippen MR) is 80.6 cm³/mol. The maximum atomic E-state index is 12.2. The van der Waals surface area contributed by atoms with Crippen molar-refractivity contribution in [1.82, 2.24) is 14.7 Å². The van der Waals surface area contributed by atoms with Gasteiger partial charge in [0.15, 0.2) is 0 Å². The SMILES string of the molecule is CC1CC(C)CN(CC(=O)Nc2ccnn2C(C)C)C1. The number of amides is 1. The molecule has 5 heteroatoms. The number of aromatic nitrogens is 2. The monoisotopic (exact) mass is 278 g/mol. The Kier molecular flexibility index (Phi) is 4.81. The van der Waals surface area contributed by atoms with Gasteiger partial charge in [0, 0.05) is 25.2 Å². The highest BCUT2D eigenvalue weighted by Crippen LogP contribution is 2.20. The third-order valence-corrected chi connectivity index (χ3v) is 3.74.